The Kier molecular flexibility index (Phi) is 5.85. The zero-order valence-corrected chi connectivity index (χ0v) is 12.9. The molecule has 0 aromatic heterocycles. The number of hydrogen-bond acceptors (Lipinski definition) is 4. The van der Waals surface area contributed by atoms with Crippen molar-refractivity contribution >= 4 is 23.2 Å². The van der Waals surface area contributed by atoms with Crippen LogP contribution in [0.5, 0.6) is 5.75 Å². The van der Waals surface area contributed by atoms with E-state index in [2.05, 4.69) is 5.32 Å². The van der Waals surface area contributed by atoms with Gasteiger partial charge in [-0.15, -0.1) is 0 Å². The minimum Gasteiger partial charge on any atom is -0.491 e. The van der Waals surface area contributed by atoms with Crippen LogP contribution in [0.15, 0.2) is 18.2 Å². The summed E-state index contributed by atoms with van der Waals surface area (Å²) in [6.45, 7) is 3.04. The van der Waals surface area contributed by atoms with Gasteiger partial charge in [0.2, 0.25) is 0 Å². The van der Waals surface area contributed by atoms with Gasteiger partial charge in [-0.25, -0.2) is 0 Å². The second kappa shape index (κ2) is 7.64. The number of nitrogens with two attached hydrogens (primary N) is 1. The summed E-state index contributed by atoms with van der Waals surface area (Å²) in [5, 5.41) is 3.38. The summed E-state index contributed by atoms with van der Waals surface area (Å²) in [5.41, 5.74) is 6.12. The molecular formula is C15H21ClN2O3. The molecule has 2 rings (SSSR count). The van der Waals surface area contributed by atoms with Gasteiger partial charge in [0.05, 0.1) is 18.4 Å². The number of carbonyl (C=O) groups is 1. The molecule has 1 heterocycles. The molecule has 1 aromatic carbocycles. The molecule has 1 aliphatic heterocycles. The first-order valence-electron chi connectivity index (χ1n) is 7.22. The molecule has 0 bridgehead atoms. The molecular weight excluding hydrogens is 292 g/mol. The molecule has 1 aliphatic rings. The quantitative estimate of drug-likeness (QED) is 0.846. The van der Waals surface area contributed by atoms with Gasteiger partial charge in [-0.05, 0) is 37.5 Å². The van der Waals surface area contributed by atoms with E-state index in [0.717, 1.165) is 12.8 Å². The Morgan fingerprint density at radius 3 is 3.00 bits per heavy atom. The highest BCUT2D eigenvalue weighted by molar-refractivity contribution is 6.31. The first kappa shape index (κ1) is 16.1. The SMILES string of the molecule is CCCOc1ccc(Cl)cc1NC(=O)[C@@H]1CC[C@H](CN)O1. The molecule has 5 nitrogen and oxygen atoms in total. The van der Waals surface area contributed by atoms with Gasteiger partial charge in [0.25, 0.3) is 5.91 Å². The highest BCUT2D eigenvalue weighted by Gasteiger charge is 2.30. The maximum Gasteiger partial charge on any atom is 0.253 e. The topological polar surface area (TPSA) is 73.6 Å². The predicted molar refractivity (Wildman–Crippen MR) is 82.8 cm³/mol. The largest absolute Gasteiger partial charge is 0.491 e. The van der Waals surface area contributed by atoms with Crippen LogP contribution < -0.4 is 15.8 Å². The molecule has 1 amide bonds. The van der Waals surface area contributed by atoms with Crippen LogP contribution in [0, 0.1) is 0 Å². The molecule has 1 saturated heterocycles. The van der Waals surface area contributed by atoms with Gasteiger partial charge in [-0.2, -0.15) is 0 Å². The van der Waals surface area contributed by atoms with E-state index in [1.165, 1.54) is 0 Å². The Morgan fingerprint density at radius 1 is 1.52 bits per heavy atom. The Labute approximate surface area is 129 Å². The summed E-state index contributed by atoms with van der Waals surface area (Å²) < 4.78 is 11.2. The molecule has 0 unspecified atom stereocenters. The zero-order chi connectivity index (χ0) is 15.2. The van der Waals surface area contributed by atoms with E-state index in [4.69, 9.17) is 26.8 Å². The number of benzene rings is 1. The molecule has 0 aliphatic carbocycles. The number of rotatable bonds is 6. The van der Waals surface area contributed by atoms with Crippen molar-refractivity contribution in [3.63, 3.8) is 0 Å². The average Bonchev–Trinajstić information content (AvgIpc) is 2.95. The van der Waals surface area contributed by atoms with E-state index in [0.29, 0.717) is 36.0 Å². The highest BCUT2D eigenvalue weighted by Crippen LogP contribution is 2.29. The lowest BCUT2D eigenvalue weighted by molar-refractivity contribution is -0.126. The van der Waals surface area contributed by atoms with E-state index < -0.39 is 6.10 Å². The lowest BCUT2D eigenvalue weighted by atomic mass is 10.2. The summed E-state index contributed by atoms with van der Waals surface area (Å²) in [4.78, 5) is 12.2. The molecule has 1 aromatic rings. The molecule has 116 valence electrons. The van der Waals surface area contributed by atoms with E-state index in [1.807, 2.05) is 6.92 Å². The number of anilines is 1. The highest BCUT2D eigenvalue weighted by atomic mass is 35.5. The van der Waals surface area contributed by atoms with Crippen LogP contribution in [0.1, 0.15) is 26.2 Å². The molecule has 1 fully saturated rings. The lowest BCUT2D eigenvalue weighted by Gasteiger charge is -2.15. The van der Waals surface area contributed by atoms with Crippen LogP contribution in [-0.2, 0) is 9.53 Å². The van der Waals surface area contributed by atoms with Gasteiger partial charge >= 0.3 is 0 Å². The zero-order valence-electron chi connectivity index (χ0n) is 12.1. The number of ether oxygens (including phenoxy) is 2. The third-order valence-corrected chi connectivity index (χ3v) is 3.56. The van der Waals surface area contributed by atoms with Crippen LogP contribution >= 0.6 is 11.6 Å². The van der Waals surface area contributed by atoms with Crippen molar-refractivity contribution in [2.24, 2.45) is 5.73 Å². The molecule has 6 heteroatoms. The summed E-state index contributed by atoms with van der Waals surface area (Å²) >= 11 is 5.98. The smallest absolute Gasteiger partial charge is 0.253 e. The van der Waals surface area contributed by atoms with Crippen LogP contribution in [0.4, 0.5) is 5.69 Å². The normalized spacial score (nSPS) is 21.3. The summed E-state index contributed by atoms with van der Waals surface area (Å²) in [6, 6.07) is 5.17. The second-order valence-corrected chi connectivity index (χ2v) is 5.47. The summed E-state index contributed by atoms with van der Waals surface area (Å²) in [5.74, 6) is 0.428. The van der Waals surface area contributed by atoms with E-state index in [1.54, 1.807) is 18.2 Å². The molecule has 0 radical (unpaired) electrons. The van der Waals surface area contributed by atoms with Gasteiger partial charge in [0.1, 0.15) is 11.9 Å². The van der Waals surface area contributed by atoms with Crippen LogP contribution in [-0.4, -0.2) is 31.3 Å². The second-order valence-electron chi connectivity index (χ2n) is 5.04. The van der Waals surface area contributed by atoms with E-state index in [9.17, 15) is 4.79 Å². The molecule has 0 saturated carbocycles. The minimum absolute atomic E-state index is 0.0316. The van der Waals surface area contributed by atoms with Crippen molar-refractivity contribution < 1.29 is 14.3 Å². The number of nitrogens with one attached hydrogen (secondary N) is 1. The maximum atomic E-state index is 12.2. The van der Waals surface area contributed by atoms with Crippen molar-refractivity contribution in [3.05, 3.63) is 23.2 Å². The Morgan fingerprint density at radius 2 is 2.33 bits per heavy atom. The predicted octanol–water partition coefficient (Wildman–Crippen LogP) is 2.57. The monoisotopic (exact) mass is 312 g/mol. The first-order chi connectivity index (χ1) is 10.1. The van der Waals surface area contributed by atoms with Crippen molar-refractivity contribution in [2.45, 2.75) is 38.4 Å². The first-order valence-corrected chi connectivity index (χ1v) is 7.60. The number of halogens is 1. The lowest BCUT2D eigenvalue weighted by Crippen LogP contribution is -2.30. The van der Waals surface area contributed by atoms with Gasteiger partial charge in [-0.3, -0.25) is 4.79 Å². The maximum absolute atomic E-state index is 12.2. The fraction of sp³-hybridized carbons (Fsp3) is 0.533. The molecule has 21 heavy (non-hydrogen) atoms. The molecule has 0 spiro atoms. The summed E-state index contributed by atoms with van der Waals surface area (Å²) in [7, 11) is 0. The van der Waals surface area contributed by atoms with Crippen molar-refractivity contribution in [1.82, 2.24) is 0 Å². The number of hydrogen-bond donors (Lipinski definition) is 2. The Balaban J connectivity index is 2.04. The fourth-order valence-corrected chi connectivity index (χ4v) is 2.40. The van der Waals surface area contributed by atoms with Gasteiger partial charge in [-0.1, -0.05) is 18.5 Å². The van der Waals surface area contributed by atoms with Gasteiger partial charge < -0.3 is 20.5 Å². The number of amides is 1. The van der Waals surface area contributed by atoms with Gasteiger partial charge in [0, 0.05) is 11.6 Å². The van der Waals surface area contributed by atoms with Gasteiger partial charge in [0.15, 0.2) is 0 Å². The Bertz CT molecular complexity index is 496. The molecule has 2 atom stereocenters. The van der Waals surface area contributed by atoms with Crippen LogP contribution in [0.2, 0.25) is 5.02 Å². The van der Waals surface area contributed by atoms with E-state index in [-0.39, 0.29) is 12.0 Å². The third-order valence-electron chi connectivity index (χ3n) is 3.32. The number of carbonyl (C=O) groups excluding carboxylic acids is 1. The van der Waals surface area contributed by atoms with Crippen molar-refractivity contribution in [2.75, 3.05) is 18.5 Å². The standard InChI is InChI=1S/C15H21ClN2O3/c1-2-7-20-13-5-3-10(16)8-12(13)18-15(19)14-6-4-11(9-17)21-14/h3,5,8,11,14H,2,4,6-7,9,17H2,1H3,(H,18,19)/t11-,14+/m1/s1. The summed E-state index contributed by atoms with van der Waals surface area (Å²) in [6.07, 6.45) is 1.88. The Hall–Kier alpha value is -1.30. The third kappa shape index (κ3) is 4.33. The van der Waals surface area contributed by atoms with Crippen LogP contribution in [0.25, 0.3) is 0 Å². The average molecular weight is 313 g/mol. The fourth-order valence-electron chi connectivity index (χ4n) is 2.22. The van der Waals surface area contributed by atoms with E-state index >= 15 is 0 Å². The van der Waals surface area contributed by atoms with Crippen molar-refractivity contribution in [3.8, 4) is 5.75 Å². The van der Waals surface area contributed by atoms with Crippen molar-refractivity contribution in [1.29, 1.82) is 0 Å². The molecule has 3 N–H and O–H groups in total. The minimum atomic E-state index is -0.462. The van der Waals surface area contributed by atoms with Crippen LogP contribution in [0.3, 0.4) is 0 Å².